The highest BCUT2D eigenvalue weighted by atomic mass is 15.1. The molecule has 46 heavy (non-hydrogen) atoms. The van der Waals surface area contributed by atoms with Crippen molar-refractivity contribution in [2.75, 3.05) is 4.90 Å². The van der Waals surface area contributed by atoms with E-state index in [9.17, 15) is 0 Å². The molecule has 0 heterocycles. The number of hydrogen-bond donors (Lipinski definition) is 0. The number of para-hydroxylation sites is 1. The quantitative estimate of drug-likeness (QED) is 0.198. The molecule has 0 unspecified atom stereocenters. The molecule has 0 atom stereocenters. The van der Waals surface area contributed by atoms with E-state index in [-0.39, 0.29) is 5.41 Å². The lowest BCUT2D eigenvalue weighted by Crippen LogP contribution is -2.21. The molecule has 0 aliphatic heterocycles. The Hall–Kier alpha value is -5.66. The molecule has 0 saturated carbocycles. The van der Waals surface area contributed by atoms with Crippen LogP contribution in [0.2, 0.25) is 0 Å². The summed E-state index contributed by atoms with van der Waals surface area (Å²) >= 11 is 0. The number of rotatable bonds is 4. The van der Waals surface area contributed by atoms with E-state index in [0.29, 0.717) is 0 Å². The van der Waals surface area contributed by atoms with Crippen molar-refractivity contribution >= 4 is 49.4 Å². The van der Waals surface area contributed by atoms with Crippen molar-refractivity contribution in [3.63, 3.8) is 0 Å². The minimum absolute atomic E-state index is 0.200. The van der Waals surface area contributed by atoms with Crippen molar-refractivity contribution in [2.45, 2.75) is 19.3 Å². The second kappa shape index (κ2) is 10.2. The van der Waals surface area contributed by atoms with Gasteiger partial charge in [-0.15, -0.1) is 0 Å². The summed E-state index contributed by atoms with van der Waals surface area (Å²) in [7, 11) is 0. The molecule has 0 N–H and O–H groups in total. The third-order valence-electron chi connectivity index (χ3n) is 9.98. The molecule has 1 heteroatoms. The summed E-state index contributed by atoms with van der Waals surface area (Å²) in [5.41, 5.74) is 11.2. The first kappa shape index (κ1) is 26.7. The van der Waals surface area contributed by atoms with Crippen LogP contribution in [-0.2, 0) is 5.41 Å². The van der Waals surface area contributed by atoms with Gasteiger partial charge in [-0.3, -0.25) is 0 Å². The summed E-state index contributed by atoms with van der Waals surface area (Å²) in [6.45, 7) is 4.79. The molecule has 218 valence electrons. The minimum Gasteiger partial charge on any atom is -0.310 e. The van der Waals surface area contributed by atoms with Crippen LogP contribution in [0.25, 0.3) is 54.6 Å². The van der Waals surface area contributed by atoms with Crippen LogP contribution in [-0.4, -0.2) is 0 Å². The van der Waals surface area contributed by atoms with E-state index < -0.39 is 0 Å². The van der Waals surface area contributed by atoms with Gasteiger partial charge in [-0.05, 0) is 96.5 Å². The Bertz CT molecular complexity index is 2450. The van der Waals surface area contributed by atoms with E-state index in [1.165, 1.54) is 77.1 Å². The number of benzene rings is 8. The van der Waals surface area contributed by atoms with Crippen LogP contribution in [0.5, 0.6) is 0 Å². The largest absolute Gasteiger partial charge is 0.310 e. The van der Waals surface area contributed by atoms with E-state index in [0.717, 1.165) is 5.69 Å². The average molecular weight is 588 g/mol. The molecule has 0 bridgehead atoms. The summed E-state index contributed by atoms with van der Waals surface area (Å²) in [5.74, 6) is 0. The van der Waals surface area contributed by atoms with Crippen molar-refractivity contribution in [1.29, 1.82) is 0 Å². The van der Waals surface area contributed by atoms with Gasteiger partial charge in [0.05, 0.1) is 11.4 Å². The maximum atomic E-state index is 2.51. The van der Waals surface area contributed by atoms with Crippen molar-refractivity contribution in [1.82, 2.24) is 0 Å². The van der Waals surface area contributed by atoms with Gasteiger partial charge in [0.25, 0.3) is 0 Å². The Morgan fingerprint density at radius 1 is 0.413 bits per heavy atom. The van der Waals surface area contributed by atoms with E-state index >= 15 is 0 Å². The van der Waals surface area contributed by atoms with Crippen LogP contribution in [0.4, 0.5) is 17.1 Å². The highest BCUT2D eigenvalue weighted by Crippen LogP contribution is 2.56. The summed E-state index contributed by atoms with van der Waals surface area (Å²) in [6.07, 6.45) is 0. The van der Waals surface area contributed by atoms with Gasteiger partial charge >= 0.3 is 0 Å². The summed E-state index contributed by atoms with van der Waals surface area (Å²) in [6, 6.07) is 60.2. The third-order valence-corrected chi connectivity index (χ3v) is 9.98. The first-order valence-corrected chi connectivity index (χ1v) is 16.1. The lowest BCUT2D eigenvalue weighted by molar-refractivity contribution is 0.661. The van der Waals surface area contributed by atoms with Crippen LogP contribution < -0.4 is 4.90 Å². The lowest BCUT2D eigenvalue weighted by Gasteiger charge is -2.34. The summed E-state index contributed by atoms with van der Waals surface area (Å²) < 4.78 is 0. The van der Waals surface area contributed by atoms with Crippen molar-refractivity contribution in [3.05, 3.63) is 175 Å². The molecule has 1 nitrogen and oxygen atoms in total. The minimum atomic E-state index is -0.200. The zero-order valence-electron chi connectivity index (χ0n) is 26.0. The Morgan fingerprint density at radius 2 is 1.00 bits per heavy atom. The van der Waals surface area contributed by atoms with Crippen LogP contribution in [0, 0.1) is 0 Å². The number of anilines is 3. The van der Waals surface area contributed by atoms with E-state index in [1.54, 1.807) is 0 Å². The molecule has 0 amide bonds. The first-order valence-electron chi connectivity index (χ1n) is 16.1. The smallest absolute Gasteiger partial charge is 0.0546 e. The predicted octanol–water partition coefficient (Wildman–Crippen LogP) is 12.6. The van der Waals surface area contributed by atoms with Gasteiger partial charge in [0, 0.05) is 16.7 Å². The van der Waals surface area contributed by atoms with Crippen LogP contribution in [0.15, 0.2) is 164 Å². The molecule has 1 aliphatic carbocycles. The van der Waals surface area contributed by atoms with Crippen molar-refractivity contribution in [3.8, 4) is 22.3 Å². The molecule has 9 rings (SSSR count). The van der Waals surface area contributed by atoms with Crippen molar-refractivity contribution < 1.29 is 0 Å². The lowest BCUT2D eigenvalue weighted by atomic mass is 9.80. The SMILES string of the molecule is CC1(C)c2cc3ccccc3cc2-c2cccc(N(c3ccccc3)c3ccc4ccccc4c3-c3cccc4ccccc34)c21. The van der Waals surface area contributed by atoms with Gasteiger partial charge in [0.2, 0.25) is 0 Å². The zero-order chi connectivity index (χ0) is 30.8. The molecule has 0 radical (unpaired) electrons. The van der Waals surface area contributed by atoms with Crippen molar-refractivity contribution in [2.24, 2.45) is 0 Å². The van der Waals surface area contributed by atoms with Crippen LogP contribution in [0.3, 0.4) is 0 Å². The van der Waals surface area contributed by atoms with Gasteiger partial charge < -0.3 is 4.90 Å². The van der Waals surface area contributed by atoms with Gasteiger partial charge in [0.15, 0.2) is 0 Å². The molecular weight excluding hydrogens is 555 g/mol. The second-order valence-corrected chi connectivity index (χ2v) is 12.9. The Kier molecular flexibility index (Phi) is 5.92. The second-order valence-electron chi connectivity index (χ2n) is 12.9. The molecule has 0 fully saturated rings. The van der Waals surface area contributed by atoms with E-state index in [2.05, 4.69) is 183 Å². The van der Waals surface area contributed by atoms with Gasteiger partial charge in [-0.1, -0.05) is 141 Å². The van der Waals surface area contributed by atoms with Gasteiger partial charge in [-0.2, -0.15) is 0 Å². The Balaban J connectivity index is 1.38. The van der Waals surface area contributed by atoms with Gasteiger partial charge in [0.1, 0.15) is 0 Å². The van der Waals surface area contributed by atoms with Crippen LogP contribution >= 0.6 is 0 Å². The van der Waals surface area contributed by atoms with E-state index in [1.807, 2.05) is 0 Å². The molecular formula is C45H33N. The highest BCUT2D eigenvalue weighted by molar-refractivity contribution is 6.12. The number of hydrogen-bond acceptors (Lipinski definition) is 1. The Morgan fingerprint density at radius 3 is 1.78 bits per heavy atom. The Labute approximate surface area is 270 Å². The predicted molar refractivity (Wildman–Crippen MR) is 197 cm³/mol. The maximum absolute atomic E-state index is 2.51. The first-order chi connectivity index (χ1) is 22.6. The molecule has 8 aromatic carbocycles. The topological polar surface area (TPSA) is 3.24 Å². The summed E-state index contributed by atoms with van der Waals surface area (Å²) in [4.78, 5) is 2.51. The molecule has 8 aromatic rings. The highest BCUT2D eigenvalue weighted by Gasteiger charge is 2.39. The average Bonchev–Trinajstić information content (AvgIpc) is 3.33. The monoisotopic (exact) mass is 587 g/mol. The fourth-order valence-corrected chi connectivity index (χ4v) is 7.88. The fourth-order valence-electron chi connectivity index (χ4n) is 7.88. The number of fused-ring (bicyclic) bond motifs is 6. The van der Waals surface area contributed by atoms with Crippen LogP contribution in [0.1, 0.15) is 25.0 Å². The normalized spacial score (nSPS) is 13.2. The van der Waals surface area contributed by atoms with Gasteiger partial charge in [-0.25, -0.2) is 0 Å². The molecule has 0 aromatic heterocycles. The standard InChI is InChI=1S/C45H33N/c1-45(2)40-29-33-17-7-6-16-32(33)28-39(40)38-24-13-25-42(44(38)45)46(34-19-4-3-5-20-34)41-27-26-31-15-9-11-22-36(31)43(41)37-23-12-18-30-14-8-10-21-35(30)37/h3-29H,1-2H3. The molecule has 0 saturated heterocycles. The maximum Gasteiger partial charge on any atom is 0.0546 e. The molecule has 1 aliphatic rings. The molecule has 0 spiro atoms. The fraction of sp³-hybridized carbons (Fsp3) is 0.0667. The summed E-state index contributed by atoms with van der Waals surface area (Å²) in [5, 5.41) is 7.56. The van der Waals surface area contributed by atoms with E-state index in [4.69, 9.17) is 0 Å². The third kappa shape index (κ3) is 3.95. The zero-order valence-corrected chi connectivity index (χ0v) is 26.0. The number of nitrogens with zero attached hydrogens (tertiary/aromatic N) is 1.